The second-order valence-corrected chi connectivity index (χ2v) is 8.51. The summed E-state index contributed by atoms with van der Waals surface area (Å²) in [5, 5.41) is 11.7. The molecule has 1 aliphatic heterocycles. The Balaban J connectivity index is 1.27. The highest BCUT2D eigenvalue weighted by molar-refractivity contribution is 5.90. The van der Waals surface area contributed by atoms with E-state index < -0.39 is 5.97 Å². The van der Waals surface area contributed by atoms with Gasteiger partial charge in [-0.3, -0.25) is 9.59 Å². The first-order valence-corrected chi connectivity index (χ1v) is 11.7. The Kier molecular flexibility index (Phi) is 9.72. The third-order valence-electron chi connectivity index (χ3n) is 6.00. The number of aryl methyl sites for hydroxylation is 2. The largest absolute Gasteiger partial charge is 0.481 e. The van der Waals surface area contributed by atoms with Crippen LogP contribution >= 0.6 is 0 Å². The van der Waals surface area contributed by atoms with E-state index in [1.165, 1.54) is 12.0 Å². The Morgan fingerprint density at radius 3 is 2.00 bits per heavy atom. The molecule has 32 heavy (non-hydrogen) atoms. The molecule has 0 unspecified atom stereocenters. The molecule has 0 atom stereocenters. The molecular weight excluding hydrogens is 402 g/mol. The van der Waals surface area contributed by atoms with E-state index in [9.17, 15) is 9.59 Å². The van der Waals surface area contributed by atoms with Crippen LogP contribution in [0.5, 0.6) is 0 Å². The van der Waals surface area contributed by atoms with Gasteiger partial charge in [-0.15, -0.1) is 0 Å². The number of rotatable bonds is 12. The smallest absolute Gasteiger partial charge is 0.303 e. The van der Waals surface area contributed by atoms with Gasteiger partial charge < -0.3 is 20.2 Å². The van der Waals surface area contributed by atoms with Crippen molar-refractivity contribution >= 4 is 17.6 Å². The minimum atomic E-state index is -0.765. The quantitative estimate of drug-likeness (QED) is 0.530. The molecule has 1 heterocycles. The van der Waals surface area contributed by atoms with Crippen molar-refractivity contribution in [3.8, 4) is 0 Å². The lowest BCUT2D eigenvalue weighted by molar-refractivity contribution is -0.137. The van der Waals surface area contributed by atoms with Crippen LogP contribution in [0, 0.1) is 0 Å². The summed E-state index contributed by atoms with van der Waals surface area (Å²) in [6.45, 7) is 6.10. The van der Waals surface area contributed by atoms with Crippen molar-refractivity contribution in [1.29, 1.82) is 0 Å². The average Bonchev–Trinajstić information content (AvgIpc) is 2.80. The summed E-state index contributed by atoms with van der Waals surface area (Å²) in [5.74, 6) is -0.729. The van der Waals surface area contributed by atoms with E-state index >= 15 is 0 Å². The number of benzene rings is 2. The molecule has 3 rings (SSSR count). The number of carbonyl (C=O) groups is 2. The number of piperazine rings is 1. The van der Waals surface area contributed by atoms with Crippen molar-refractivity contribution in [2.24, 2.45) is 0 Å². The van der Waals surface area contributed by atoms with Crippen molar-refractivity contribution in [2.75, 3.05) is 44.6 Å². The second kappa shape index (κ2) is 13.0. The molecule has 0 bridgehead atoms. The van der Waals surface area contributed by atoms with Gasteiger partial charge in [-0.05, 0) is 55.5 Å². The maximum Gasteiger partial charge on any atom is 0.303 e. The lowest BCUT2D eigenvalue weighted by Gasteiger charge is -2.34. The zero-order chi connectivity index (χ0) is 22.6. The number of nitrogens with one attached hydrogen (secondary N) is 1. The van der Waals surface area contributed by atoms with Crippen LogP contribution in [-0.4, -0.2) is 66.1 Å². The first-order chi connectivity index (χ1) is 15.6. The molecule has 0 saturated carbocycles. The number of carboxylic acid groups (broad SMARTS) is 1. The molecule has 1 amide bonds. The molecular formula is C26H35N3O3. The molecule has 0 radical (unpaired) electrons. The first kappa shape index (κ1) is 24.0. The van der Waals surface area contributed by atoms with Crippen LogP contribution in [0.1, 0.15) is 36.8 Å². The summed E-state index contributed by atoms with van der Waals surface area (Å²) in [7, 11) is 0. The number of nitrogens with zero attached hydrogens (tertiary/aromatic N) is 2. The SMILES string of the molecule is O=C(O)CCCc1ccc(NC(=O)CCN2CCN(CCCc3ccccc3)CC2)cc1. The van der Waals surface area contributed by atoms with Crippen LogP contribution in [-0.2, 0) is 22.4 Å². The van der Waals surface area contributed by atoms with Gasteiger partial charge in [0.2, 0.25) is 5.91 Å². The van der Waals surface area contributed by atoms with Crippen LogP contribution in [0.4, 0.5) is 5.69 Å². The third kappa shape index (κ3) is 8.81. The topological polar surface area (TPSA) is 72.9 Å². The van der Waals surface area contributed by atoms with E-state index in [1.807, 2.05) is 24.3 Å². The van der Waals surface area contributed by atoms with E-state index in [0.717, 1.165) is 63.4 Å². The van der Waals surface area contributed by atoms with Crippen LogP contribution in [0.2, 0.25) is 0 Å². The molecule has 1 fully saturated rings. The number of amides is 1. The molecule has 0 spiro atoms. The van der Waals surface area contributed by atoms with Gasteiger partial charge in [-0.1, -0.05) is 42.5 Å². The highest BCUT2D eigenvalue weighted by Gasteiger charge is 2.17. The second-order valence-electron chi connectivity index (χ2n) is 8.51. The fraction of sp³-hybridized carbons (Fsp3) is 0.462. The fourth-order valence-electron chi connectivity index (χ4n) is 4.07. The monoisotopic (exact) mass is 437 g/mol. The number of carbonyl (C=O) groups excluding carboxylic acids is 1. The van der Waals surface area contributed by atoms with E-state index in [2.05, 4.69) is 45.4 Å². The minimum absolute atomic E-state index is 0.0360. The van der Waals surface area contributed by atoms with E-state index in [4.69, 9.17) is 5.11 Å². The fourth-order valence-corrected chi connectivity index (χ4v) is 4.07. The van der Waals surface area contributed by atoms with Gasteiger partial charge in [-0.2, -0.15) is 0 Å². The van der Waals surface area contributed by atoms with E-state index in [0.29, 0.717) is 12.8 Å². The third-order valence-corrected chi connectivity index (χ3v) is 6.00. The summed E-state index contributed by atoms with van der Waals surface area (Å²) < 4.78 is 0. The number of carboxylic acids is 1. The molecule has 6 nitrogen and oxygen atoms in total. The predicted molar refractivity (Wildman–Crippen MR) is 128 cm³/mol. The van der Waals surface area contributed by atoms with Gasteiger partial charge in [0.05, 0.1) is 0 Å². The van der Waals surface area contributed by atoms with Crippen molar-refractivity contribution < 1.29 is 14.7 Å². The van der Waals surface area contributed by atoms with Crippen molar-refractivity contribution in [3.05, 3.63) is 65.7 Å². The normalized spacial score (nSPS) is 14.9. The molecule has 2 N–H and O–H groups in total. The van der Waals surface area contributed by atoms with Crippen LogP contribution < -0.4 is 5.32 Å². The Bertz CT molecular complexity index is 831. The lowest BCUT2D eigenvalue weighted by atomic mass is 10.1. The molecule has 2 aromatic carbocycles. The predicted octanol–water partition coefficient (Wildman–Crippen LogP) is 3.67. The molecule has 0 aliphatic carbocycles. The van der Waals surface area contributed by atoms with E-state index in [-0.39, 0.29) is 12.3 Å². The zero-order valence-corrected chi connectivity index (χ0v) is 18.8. The molecule has 172 valence electrons. The van der Waals surface area contributed by atoms with Gasteiger partial charge >= 0.3 is 5.97 Å². The summed E-state index contributed by atoms with van der Waals surface area (Å²) in [5.41, 5.74) is 3.29. The van der Waals surface area contributed by atoms with Crippen molar-refractivity contribution in [2.45, 2.75) is 38.5 Å². The zero-order valence-electron chi connectivity index (χ0n) is 18.8. The highest BCUT2D eigenvalue weighted by atomic mass is 16.4. The average molecular weight is 438 g/mol. The molecule has 6 heteroatoms. The van der Waals surface area contributed by atoms with Crippen LogP contribution in [0.3, 0.4) is 0 Å². The molecule has 1 aliphatic rings. The summed E-state index contributed by atoms with van der Waals surface area (Å²) in [6.07, 6.45) is 4.35. The number of aliphatic carboxylic acids is 1. The molecule has 1 saturated heterocycles. The van der Waals surface area contributed by atoms with Gasteiger partial charge in [-0.25, -0.2) is 0 Å². The summed E-state index contributed by atoms with van der Waals surface area (Å²) >= 11 is 0. The minimum Gasteiger partial charge on any atom is -0.481 e. The summed E-state index contributed by atoms with van der Waals surface area (Å²) in [6, 6.07) is 18.3. The van der Waals surface area contributed by atoms with Crippen molar-refractivity contribution in [1.82, 2.24) is 9.80 Å². The van der Waals surface area contributed by atoms with Gasteiger partial charge in [0.15, 0.2) is 0 Å². The maximum absolute atomic E-state index is 12.3. The summed E-state index contributed by atoms with van der Waals surface area (Å²) in [4.78, 5) is 27.8. The number of anilines is 1. The Labute approximate surface area is 191 Å². The van der Waals surface area contributed by atoms with E-state index in [1.54, 1.807) is 0 Å². The standard InChI is InChI=1S/C26H35N3O3/c30-25(27-24-13-11-23(12-14-24)8-4-10-26(31)32)15-17-29-20-18-28(19-21-29)16-5-9-22-6-2-1-3-7-22/h1-3,6-7,11-14H,4-5,8-10,15-21H2,(H,27,30)(H,31,32). The lowest BCUT2D eigenvalue weighted by Crippen LogP contribution is -2.47. The molecule has 2 aromatic rings. The van der Waals surface area contributed by atoms with Gasteiger partial charge in [0.25, 0.3) is 0 Å². The molecule has 0 aromatic heterocycles. The number of hydrogen-bond donors (Lipinski definition) is 2. The first-order valence-electron chi connectivity index (χ1n) is 11.7. The van der Waals surface area contributed by atoms with Gasteiger partial charge in [0.1, 0.15) is 0 Å². The maximum atomic E-state index is 12.3. The van der Waals surface area contributed by atoms with Gasteiger partial charge in [0, 0.05) is 51.3 Å². The Morgan fingerprint density at radius 2 is 1.34 bits per heavy atom. The number of hydrogen-bond acceptors (Lipinski definition) is 4. The van der Waals surface area contributed by atoms with Crippen molar-refractivity contribution in [3.63, 3.8) is 0 Å². The Morgan fingerprint density at radius 1 is 0.750 bits per heavy atom. The Hall–Kier alpha value is -2.70. The van der Waals surface area contributed by atoms with Crippen LogP contribution in [0.15, 0.2) is 54.6 Å². The van der Waals surface area contributed by atoms with Crippen LogP contribution in [0.25, 0.3) is 0 Å². The highest BCUT2D eigenvalue weighted by Crippen LogP contribution is 2.13.